The van der Waals surface area contributed by atoms with Crippen LogP contribution in [0.25, 0.3) is 0 Å². The third kappa shape index (κ3) is 23.8. The van der Waals surface area contributed by atoms with Crippen LogP contribution in [0.15, 0.2) is 109 Å². The van der Waals surface area contributed by atoms with E-state index in [1.165, 1.54) is 50.1 Å². The van der Waals surface area contributed by atoms with Crippen molar-refractivity contribution in [3.05, 3.63) is 224 Å². The Labute approximate surface area is 505 Å². The molecule has 6 aromatic rings. The molecule has 0 saturated heterocycles. The molecule has 0 aliphatic heterocycles. The summed E-state index contributed by atoms with van der Waals surface area (Å²) in [5, 5.41) is 0. The van der Waals surface area contributed by atoms with Crippen LogP contribution < -0.4 is 0 Å². The number of benzene rings is 6. The van der Waals surface area contributed by atoms with E-state index in [0.29, 0.717) is 47.3 Å². The van der Waals surface area contributed by atoms with E-state index in [1.807, 2.05) is 64.8 Å². The molecule has 0 N–H and O–H groups in total. The molecular weight excluding hydrogens is 1030 g/mol. The minimum atomic E-state index is 0. The van der Waals surface area contributed by atoms with Crippen LogP contribution in [0, 0.1) is 43.0 Å². The van der Waals surface area contributed by atoms with Gasteiger partial charge in [0, 0.05) is 5.92 Å². The van der Waals surface area contributed by atoms with E-state index in [1.54, 1.807) is 27.8 Å². The summed E-state index contributed by atoms with van der Waals surface area (Å²) in [4.78, 5) is 0. The predicted molar refractivity (Wildman–Crippen MR) is 322 cm³/mol. The smallest absolute Gasteiger partial charge is 0.335 e. The van der Waals surface area contributed by atoms with Crippen molar-refractivity contribution in [1.29, 1.82) is 0 Å². The SMILES string of the molecule is C.C.C.C.CC(C)c1[c-]c(Cc2[c-]cccc2)ccc1C(C)C.CC(C)c1[c-]c(Cc2[c-]cccc2)ccc1C(C)C.CC(C)c1ccc2c(c1C(C)C)C(C(C)C)c1ccccc1C2.C[CH-]C.C[CH-]C.[Y+3].[Y+3]. The van der Waals surface area contributed by atoms with Gasteiger partial charge in [-0.15, -0.1) is 0 Å². The van der Waals surface area contributed by atoms with Crippen molar-refractivity contribution in [1.82, 2.24) is 0 Å². The summed E-state index contributed by atoms with van der Waals surface area (Å²) in [5.41, 5.74) is 20.0. The fraction of sp³-hybridized carbons (Fsp3) is 0.465. The van der Waals surface area contributed by atoms with Crippen LogP contribution in [0.3, 0.4) is 0 Å². The molecule has 0 heterocycles. The van der Waals surface area contributed by atoms with Gasteiger partial charge in [0.15, 0.2) is 0 Å². The molecule has 0 bridgehead atoms. The van der Waals surface area contributed by atoms with E-state index in [-0.39, 0.29) is 95.1 Å². The molecule has 2 heteroatoms. The molecule has 6 aromatic carbocycles. The van der Waals surface area contributed by atoms with Gasteiger partial charge in [0.25, 0.3) is 0 Å². The van der Waals surface area contributed by atoms with Crippen molar-refractivity contribution >= 4 is 0 Å². The van der Waals surface area contributed by atoms with Gasteiger partial charge in [-0.05, 0) is 82.2 Å². The van der Waals surface area contributed by atoms with E-state index in [9.17, 15) is 0 Å². The Morgan fingerprint density at radius 2 is 0.808 bits per heavy atom. The van der Waals surface area contributed by atoms with Crippen LogP contribution in [0.2, 0.25) is 0 Å². The van der Waals surface area contributed by atoms with Crippen LogP contribution in [0.1, 0.15) is 274 Å². The van der Waals surface area contributed by atoms with E-state index >= 15 is 0 Å². The Morgan fingerprint density at radius 3 is 1.15 bits per heavy atom. The maximum absolute atomic E-state index is 3.62. The second kappa shape index (κ2) is 39.8. The van der Waals surface area contributed by atoms with Crippen molar-refractivity contribution in [2.24, 2.45) is 5.92 Å². The van der Waals surface area contributed by atoms with Crippen LogP contribution in [0.4, 0.5) is 0 Å². The van der Waals surface area contributed by atoms with E-state index in [2.05, 4.69) is 206 Å². The largest absolute Gasteiger partial charge is 3.00 e. The van der Waals surface area contributed by atoms with E-state index in [4.69, 9.17) is 0 Å². The Balaban J connectivity index is -0.000000448. The first-order valence-corrected chi connectivity index (χ1v) is 25.6. The van der Waals surface area contributed by atoms with Gasteiger partial charge in [0.2, 0.25) is 0 Å². The molecule has 0 spiro atoms. The zero-order chi connectivity index (χ0) is 49.8. The molecule has 1 atom stereocenters. The van der Waals surface area contributed by atoms with Crippen LogP contribution in [0.5, 0.6) is 0 Å². The summed E-state index contributed by atoms with van der Waals surface area (Å²) in [5.74, 6) is 4.49. The molecule has 0 radical (unpaired) electrons. The van der Waals surface area contributed by atoms with E-state index < -0.39 is 0 Å². The predicted octanol–water partition coefficient (Wildman–Crippen LogP) is 21.9. The maximum atomic E-state index is 3.62. The molecule has 1 aliphatic carbocycles. The van der Waals surface area contributed by atoms with Crippen molar-refractivity contribution in [2.75, 3.05) is 0 Å². The van der Waals surface area contributed by atoms with Gasteiger partial charge in [0.1, 0.15) is 0 Å². The minimum Gasteiger partial charge on any atom is -0.335 e. The molecule has 394 valence electrons. The molecule has 0 aromatic heterocycles. The van der Waals surface area contributed by atoms with Crippen molar-refractivity contribution in [3.8, 4) is 0 Å². The van der Waals surface area contributed by atoms with Gasteiger partial charge in [-0.3, -0.25) is 0 Å². The van der Waals surface area contributed by atoms with Gasteiger partial charge in [0.05, 0.1) is 0 Å². The number of rotatable bonds is 11. The Morgan fingerprint density at radius 1 is 0.425 bits per heavy atom. The summed E-state index contributed by atoms with van der Waals surface area (Å²) >= 11 is 0. The molecule has 0 nitrogen and oxygen atoms in total. The van der Waals surface area contributed by atoms with Gasteiger partial charge in [-0.2, -0.15) is 169 Å². The second-order valence-electron chi connectivity index (χ2n) is 20.7. The molecule has 0 amide bonds. The van der Waals surface area contributed by atoms with Gasteiger partial charge in [-0.1, -0.05) is 175 Å². The number of hydrogen-bond acceptors (Lipinski definition) is 0. The summed E-state index contributed by atoms with van der Waals surface area (Å²) in [6, 6.07) is 53.0. The fourth-order valence-electron chi connectivity index (χ4n) is 9.21. The van der Waals surface area contributed by atoms with Crippen LogP contribution >= 0.6 is 0 Å². The Kier molecular flexibility index (Phi) is 42.0. The first kappa shape index (κ1) is 77.0. The molecule has 1 unspecified atom stereocenters. The zero-order valence-electron chi connectivity index (χ0n) is 46.4. The normalized spacial score (nSPS) is 11.7. The summed E-state index contributed by atoms with van der Waals surface area (Å²) in [6.07, 6.45) is 6.92. The average Bonchev–Trinajstić information content (AvgIpc) is 3.29. The average molecular weight is 1140 g/mol. The maximum Gasteiger partial charge on any atom is 3.00 e. The first-order valence-electron chi connectivity index (χ1n) is 25.6. The standard InChI is InChI=1S/C23H30.2C19H22.2C3H7.4CH4.2Y/c1-14(2)19-12-11-18-13-17-9-7-8-10-20(17)22(16(5)6)23(18)21(19)15(3)4;2*1-14(2)18-11-10-17(13-19(18)15(3)4)12-16-8-6-5-7-9-16;2*1-3-2;;;;;;/h7-12,14-16,22H,13H2,1-6H3;2*5-8,10-11,14-15H,12H2,1-4H3;2*3H,1-2H3;4*1H4;;/q;2*-2;2*-1;;;;;2*+3. The third-order valence-corrected chi connectivity index (χ3v) is 12.2. The molecule has 7 rings (SSSR count). The first-order chi connectivity index (χ1) is 31.9. The van der Waals surface area contributed by atoms with E-state index in [0.717, 1.165) is 19.3 Å². The fourth-order valence-corrected chi connectivity index (χ4v) is 9.21. The molecule has 0 fully saturated rings. The quantitative estimate of drug-likeness (QED) is 0.113. The van der Waals surface area contributed by atoms with Crippen LogP contribution in [-0.2, 0) is 84.7 Å². The van der Waals surface area contributed by atoms with Gasteiger partial charge in [-0.25, -0.2) is 0 Å². The van der Waals surface area contributed by atoms with Crippen LogP contribution in [-0.4, -0.2) is 0 Å². The zero-order valence-corrected chi connectivity index (χ0v) is 52.1. The summed E-state index contributed by atoms with van der Waals surface area (Å²) < 4.78 is 0. The number of fused-ring (bicyclic) bond motifs is 2. The summed E-state index contributed by atoms with van der Waals surface area (Å²) in [6.45, 7) is 40.1. The Bertz CT molecular complexity index is 2210. The van der Waals surface area contributed by atoms with Gasteiger partial charge >= 0.3 is 65.4 Å². The molecule has 1 aliphatic rings. The molecule has 0 saturated carbocycles. The minimum absolute atomic E-state index is 0. The monoisotopic (exact) mass is 1130 g/mol. The number of hydrogen-bond donors (Lipinski definition) is 0. The van der Waals surface area contributed by atoms with Gasteiger partial charge < -0.3 is 12.8 Å². The summed E-state index contributed by atoms with van der Waals surface area (Å²) in [7, 11) is 0. The topological polar surface area (TPSA) is 0 Å². The molecular formula is C71H104Y2. The third-order valence-electron chi connectivity index (χ3n) is 12.2. The van der Waals surface area contributed by atoms with Crippen molar-refractivity contribution in [2.45, 2.75) is 215 Å². The van der Waals surface area contributed by atoms with Crippen molar-refractivity contribution < 1.29 is 65.4 Å². The second-order valence-corrected chi connectivity index (χ2v) is 20.7. The Hall–Kier alpha value is -2.47. The molecule has 73 heavy (non-hydrogen) atoms. The van der Waals surface area contributed by atoms with Crippen molar-refractivity contribution in [3.63, 3.8) is 0 Å².